The van der Waals surface area contributed by atoms with Crippen molar-refractivity contribution < 1.29 is 4.74 Å². The minimum atomic E-state index is 0.649. The number of nitrogen functional groups attached to an aromatic ring is 1. The summed E-state index contributed by atoms with van der Waals surface area (Å²) in [5.41, 5.74) is 9.28. The van der Waals surface area contributed by atoms with E-state index >= 15 is 0 Å². The van der Waals surface area contributed by atoms with Crippen molar-refractivity contribution >= 4 is 28.2 Å². The summed E-state index contributed by atoms with van der Waals surface area (Å²) >= 11 is 3.37. The first kappa shape index (κ1) is 15.2. The second-order valence-corrected chi connectivity index (χ2v) is 7.12. The average Bonchev–Trinajstić information content (AvgIpc) is 2.72. The van der Waals surface area contributed by atoms with Gasteiger partial charge in [-0.15, -0.1) is 11.8 Å². The minimum Gasteiger partial charge on any atom is -0.494 e. The molecular weight excluding hydrogens is 288 g/mol. The molecule has 1 aromatic heterocycles. The normalized spacial score (nSPS) is 10.8. The number of thioether (sulfide) groups is 1. The van der Waals surface area contributed by atoms with Crippen LogP contribution in [0.2, 0.25) is 0 Å². The minimum absolute atomic E-state index is 0.649. The van der Waals surface area contributed by atoms with Gasteiger partial charge < -0.3 is 10.5 Å². The Kier molecular flexibility index (Phi) is 5.31. The zero-order valence-electron chi connectivity index (χ0n) is 12.1. The first-order valence-corrected chi connectivity index (χ1v) is 8.42. The van der Waals surface area contributed by atoms with Crippen molar-refractivity contribution in [2.24, 2.45) is 0 Å². The maximum Gasteiger partial charge on any atom is 0.181 e. The summed E-state index contributed by atoms with van der Waals surface area (Å²) in [6.07, 6.45) is 1.01. The molecule has 0 aliphatic carbocycles. The van der Waals surface area contributed by atoms with Gasteiger partial charge in [0.05, 0.1) is 16.5 Å². The van der Waals surface area contributed by atoms with E-state index in [1.807, 2.05) is 13.0 Å². The number of nitrogens with two attached hydrogens (primary N) is 1. The summed E-state index contributed by atoms with van der Waals surface area (Å²) in [5.74, 6) is 1.98. The van der Waals surface area contributed by atoms with Gasteiger partial charge in [-0.25, -0.2) is 4.98 Å². The van der Waals surface area contributed by atoms with Crippen LogP contribution in [0.1, 0.15) is 23.2 Å². The lowest BCUT2D eigenvalue weighted by Gasteiger charge is -2.08. The van der Waals surface area contributed by atoms with E-state index in [0.717, 1.165) is 30.2 Å². The van der Waals surface area contributed by atoms with Crippen LogP contribution >= 0.6 is 23.1 Å². The number of rotatable bonds is 6. The van der Waals surface area contributed by atoms with Gasteiger partial charge in [-0.05, 0) is 50.5 Å². The molecule has 1 heterocycles. The van der Waals surface area contributed by atoms with Crippen LogP contribution in [-0.4, -0.2) is 17.3 Å². The zero-order valence-corrected chi connectivity index (χ0v) is 13.7. The van der Waals surface area contributed by atoms with Gasteiger partial charge in [0.1, 0.15) is 5.75 Å². The number of hydrogen-bond donors (Lipinski definition) is 1. The largest absolute Gasteiger partial charge is 0.494 e. The van der Waals surface area contributed by atoms with E-state index in [9.17, 15) is 0 Å². The van der Waals surface area contributed by atoms with E-state index in [-0.39, 0.29) is 0 Å². The molecule has 0 atom stereocenters. The lowest BCUT2D eigenvalue weighted by atomic mass is 10.1. The Hall–Kier alpha value is -1.20. The van der Waals surface area contributed by atoms with E-state index in [4.69, 9.17) is 10.5 Å². The summed E-state index contributed by atoms with van der Waals surface area (Å²) in [4.78, 5) is 4.22. The Balaban J connectivity index is 1.71. The van der Waals surface area contributed by atoms with Gasteiger partial charge >= 0.3 is 0 Å². The van der Waals surface area contributed by atoms with Crippen LogP contribution in [0, 0.1) is 20.8 Å². The Morgan fingerprint density at radius 1 is 1.25 bits per heavy atom. The number of nitrogens with zero attached hydrogens (tertiary/aromatic N) is 1. The summed E-state index contributed by atoms with van der Waals surface area (Å²) in [7, 11) is 0. The van der Waals surface area contributed by atoms with Crippen molar-refractivity contribution in [2.75, 3.05) is 18.1 Å². The summed E-state index contributed by atoms with van der Waals surface area (Å²) in [5, 5.41) is 0.649. The van der Waals surface area contributed by atoms with Crippen LogP contribution in [0.15, 0.2) is 22.4 Å². The van der Waals surface area contributed by atoms with Crippen LogP contribution in [0.4, 0.5) is 5.13 Å². The predicted octanol–water partition coefficient (Wildman–Crippen LogP) is 4.21. The van der Waals surface area contributed by atoms with Gasteiger partial charge in [0.25, 0.3) is 0 Å². The van der Waals surface area contributed by atoms with E-state index in [1.165, 1.54) is 15.3 Å². The SMILES string of the molecule is Cc1ccc(OCCCSc2sc(N)nc2C)cc1C. The van der Waals surface area contributed by atoms with E-state index in [0.29, 0.717) is 5.13 Å². The van der Waals surface area contributed by atoms with E-state index < -0.39 is 0 Å². The molecule has 20 heavy (non-hydrogen) atoms. The summed E-state index contributed by atoms with van der Waals surface area (Å²) < 4.78 is 6.98. The third kappa shape index (κ3) is 4.15. The highest BCUT2D eigenvalue weighted by Crippen LogP contribution is 2.30. The fourth-order valence-corrected chi connectivity index (χ4v) is 3.76. The van der Waals surface area contributed by atoms with Crippen LogP contribution in [-0.2, 0) is 0 Å². The Morgan fingerprint density at radius 2 is 2.05 bits per heavy atom. The van der Waals surface area contributed by atoms with Crippen LogP contribution in [0.5, 0.6) is 5.75 Å². The smallest absolute Gasteiger partial charge is 0.181 e. The molecule has 1 aromatic carbocycles. The van der Waals surface area contributed by atoms with Gasteiger partial charge in [0.15, 0.2) is 5.13 Å². The van der Waals surface area contributed by atoms with Crippen LogP contribution in [0.25, 0.3) is 0 Å². The molecule has 0 fully saturated rings. The Bertz CT molecular complexity index is 581. The molecule has 0 unspecified atom stereocenters. The topological polar surface area (TPSA) is 48.1 Å². The number of aryl methyl sites for hydroxylation is 3. The lowest BCUT2D eigenvalue weighted by Crippen LogP contribution is -1.99. The third-order valence-electron chi connectivity index (χ3n) is 3.04. The molecular formula is C15H20N2OS2. The first-order valence-electron chi connectivity index (χ1n) is 6.62. The molecule has 2 aromatic rings. The second-order valence-electron chi connectivity index (χ2n) is 4.72. The van der Waals surface area contributed by atoms with Crippen molar-refractivity contribution in [3.63, 3.8) is 0 Å². The van der Waals surface area contributed by atoms with Gasteiger partial charge in [-0.1, -0.05) is 17.4 Å². The lowest BCUT2D eigenvalue weighted by molar-refractivity contribution is 0.318. The fourth-order valence-electron chi connectivity index (χ4n) is 1.75. The van der Waals surface area contributed by atoms with Gasteiger partial charge in [-0.2, -0.15) is 0 Å². The molecule has 0 spiro atoms. The van der Waals surface area contributed by atoms with Crippen molar-refractivity contribution in [1.29, 1.82) is 0 Å². The molecule has 5 heteroatoms. The molecule has 2 N–H and O–H groups in total. The standard InChI is InChI=1S/C15H20N2OS2/c1-10-5-6-13(9-11(10)2)18-7-4-8-19-14-12(3)17-15(16)20-14/h5-6,9H,4,7-8H2,1-3H3,(H2,16,17). The number of thiazole rings is 1. The predicted molar refractivity (Wildman–Crippen MR) is 88.0 cm³/mol. The summed E-state index contributed by atoms with van der Waals surface area (Å²) in [6, 6.07) is 6.23. The molecule has 0 bridgehead atoms. The highest BCUT2D eigenvalue weighted by molar-refractivity contribution is 8.01. The van der Waals surface area contributed by atoms with E-state index in [1.54, 1.807) is 23.1 Å². The number of aromatic nitrogens is 1. The van der Waals surface area contributed by atoms with Crippen LogP contribution in [0.3, 0.4) is 0 Å². The van der Waals surface area contributed by atoms with E-state index in [2.05, 4.69) is 31.0 Å². The Labute approximate surface area is 128 Å². The third-order valence-corrected chi connectivity index (χ3v) is 5.47. The van der Waals surface area contributed by atoms with Crippen molar-refractivity contribution in [2.45, 2.75) is 31.4 Å². The maximum absolute atomic E-state index is 5.76. The molecule has 2 rings (SSSR count). The van der Waals surface area contributed by atoms with Gasteiger partial charge in [0.2, 0.25) is 0 Å². The zero-order chi connectivity index (χ0) is 14.5. The van der Waals surface area contributed by atoms with Gasteiger partial charge in [0, 0.05) is 5.75 Å². The van der Waals surface area contributed by atoms with Crippen molar-refractivity contribution in [3.8, 4) is 5.75 Å². The molecule has 0 amide bonds. The number of hydrogen-bond acceptors (Lipinski definition) is 5. The highest BCUT2D eigenvalue weighted by atomic mass is 32.2. The molecule has 0 aliphatic rings. The van der Waals surface area contributed by atoms with Crippen molar-refractivity contribution in [3.05, 3.63) is 35.0 Å². The maximum atomic E-state index is 5.76. The number of anilines is 1. The second kappa shape index (κ2) is 6.99. The highest BCUT2D eigenvalue weighted by Gasteiger charge is 2.05. The molecule has 108 valence electrons. The molecule has 0 radical (unpaired) electrons. The summed E-state index contributed by atoms with van der Waals surface area (Å²) in [6.45, 7) is 6.96. The molecule has 0 saturated heterocycles. The number of benzene rings is 1. The number of ether oxygens (including phenoxy) is 1. The Morgan fingerprint density at radius 3 is 2.70 bits per heavy atom. The van der Waals surface area contributed by atoms with Crippen LogP contribution < -0.4 is 10.5 Å². The molecule has 0 aliphatic heterocycles. The monoisotopic (exact) mass is 308 g/mol. The fraction of sp³-hybridized carbons (Fsp3) is 0.400. The van der Waals surface area contributed by atoms with Crippen molar-refractivity contribution in [1.82, 2.24) is 4.98 Å². The quantitative estimate of drug-likeness (QED) is 0.641. The van der Waals surface area contributed by atoms with Gasteiger partial charge in [-0.3, -0.25) is 0 Å². The first-order chi connectivity index (χ1) is 9.56. The molecule has 0 saturated carbocycles. The average molecular weight is 308 g/mol. The molecule has 3 nitrogen and oxygen atoms in total.